The molecule has 0 bridgehead atoms. The molecule has 17 heavy (non-hydrogen) atoms. The molecule has 0 radical (unpaired) electrons. The highest BCUT2D eigenvalue weighted by atomic mass is 32.1. The molecule has 1 fully saturated rings. The van der Waals surface area contributed by atoms with Gasteiger partial charge in [0.1, 0.15) is 4.88 Å². The van der Waals surface area contributed by atoms with Crippen LogP contribution in [0, 0.1) is 5.92 Å². The average Bonchev–Trinajstić information content (AvgIpc) is 2.77. The highest BCUT2D eigenvalue weighted by Crippen LogP contribution is 2.28. The van der Waals surface area contributed by atoms with Gasteiger partial charge in [0.2, 0.25) is 0 Å². The van der Waals surface area contributed by atoms with Crippen LogP contribution in [0.2, 0.25) is 0 Å². The van der Waals surface area contributed by atoms with Crippen LogP contribution in [0.3, 0.4) is 0 Å². The number of hydrogen-bond donors (Lipinski definition) is 1. The molecule has 2 atom stereocenters. The molecule has 1 aliphatic carbocycles. The maximum Gasteiger partial charge on any atom is 0.345 e. The number of thiophene rings is 1. The smallest absolute Gasteiger partial charge is 0.345 e. The molecule has 1 aliphatic rings. The van der Waals surface area contributed by atoms with E-state index in [9.17, 15) is 4.79 Å². The predicted octanol–water partition coefficient (Wildman–Crippen LogP) is 3.54. The third-order valence-corrected chi connectivity index (χ3v) is 4.39. The number of aromatic carboxylic acids is 1. The SMILES string of the molecule is CC1CCCCC1OCc1ccc(C(=O)O)s1. The van der Waals surface area contributed by atoms with Crippen molar-refractivity contribution in [1.82, 2.24) is 0 Å². The summed E-state index contributed by atoms with van der Waals surface area (Å²) in [6.07, 6.45) is 5.29. The Morgan fingerprint density at radius 2 is 2.24 bits per heavy atom. The minimum atomic E-state index is -0.854. The van der Waals surface area contributed by atoms with Crippen molar-refractivity contribution < 1.29 is 14.6 Å². The third-order valence-electron chi connectivity index (χ3n) is 3.34. The summed E-state index contributed by atoms with van der Waals surface area (Å²) in [5.41, 5.74) is 0. The molecule has 1 saturated carbocycles. The topological polar surface area (TPSA) is 46.5 Å². The van der Waals surface area contributed by atoms with Crippen molar-refractivity contribution in [2.45, 2.75) is 45.3 Å². The molecule has 0 amide bonds. The lowest BCUT2D eigenvalue weighted by atomic mass is 9.88. The van der Waals surface area contributed by atoms with E-state index in [1.54, 1.807) is 6.07 Å². The van der Waals surface area contributed by atoms with Crippen molar-refractivity contribution in [3.63, 3.8) is 0 Å². The molecular weight excluding hydrogens is 236 g/mol. The van der Waals surface area contributed by atoms with Gasteiger partial charge < -0.3 is 9.84 Å². The van der Waals surface area contributed by atoms with Gasteiger partial charge in [0.15, 0.2) is 0 Å². The molecule has 3 nitrogen and oxygen atoms in total. The van der Waals surface area contributed by atoms with Gasteiger partial charge in [-0.3, -0.25) is 0 Å². The standard InChI is InChI=1S/C13H18O3S/c1-9-4-2-3-5-11(9)16-8-10-6-7-12(17-10)13(14)15/h6-7,9,11H,2-5,8H2,1H3,(H,14,15). The summed E-state index contributed by atoms with van der Waals surface area (Å²) in [6.45, 7) is 2.79. The van der Waals surface area contributed by atoms with Crippen LogP contribution in [0.1, 0.15) is 47.2 Å². The van der Waals surface area contributed by atoms with Gasteiger partial charge in [-0.2, -0.15) is 0 Å². The first-order valence-electron chi connectivity index (χ1n) is 6.10. The third kappa shape index (κ3) is 3.30. The number of carboxylic acids is 1. The van der Waals surface area contributed by atoms with Gasteiger partial charge in [0, 0.05) is 4.88 Å². The summed E-state index contributed by atoms with van der Waals surface area (Å²) in [5, 5.41) is 8.83. The number of ether oxygens (including phenoxy) is 1. The van der Waals surface area contributed by atoms with E-state index in [4.69, 9.17) is 9.84 Å². The molecule has 0 aromatic carbocycles. The molecule has 2 unspecified atom stereocenters. The molecule has 94 valence electrons. The van der Waals surface area contributed by atoms with E-state index in [0.29, 0.717) is 23.5 Å². The molecule has 4 heteroatoms. The normalized spacial score (nSPS) is 24.8. The quantitative estimate of drug-likeness (QED) is 0.894. The second kappa shape index (κ2) is 5.65. The fourth-order valence-corrected chi connectivity index (χ4v) is 3.06. The molecule has 1 aromatic heterocycles. The zero-order valence-electron chi connectivity index (χ0n) is 10.0. The molecular formula is C13H18O3S. The Kier molecular flexibility index (Phi) is 4.18. The van der Waals surface area contributed by atoms with Crippen LogP contribution < -0.4 is 0 Å². The largest absolute Gasteiger partial charge is 0.477 e. The Morgan fingerprint density at radius 1 is 1.47 bits per heavy atom. The van der Waals surface area contributed by atoms with Gasteiger partial charge in [-0.05, 0) is 30.9 Å². The van der Waals surface area contributed by atoms with Crippen molar-refractivity contribution in [3.05, 3.63) is 21.9 Å². The molecule has 0 saturated heterocycles. The van der Waals surface area contributed by atoms with Crippen molar-refractivity contribution in [1.29, 1.82) is 0 Å². The van der Waals surface area contributed by atoms with Gasteiger partial charge in [0.25, 0.3) is 0 Å². The lowest BCUT2D eigenvalue weighted by Gasteiger charge is -2.28. The number of carboxylic acid groups (broad SMARTS) is 1. The van der Waals surface area contributed by atoms with Gasteiger partial charge in [-0.25, -0.2) is 4.79 Å². The Bertz CT molecular complexity index is 386. The summed E-state index contributed by atoms with van der Waals surface area (Å²) >= 11 is 1.31. The predicted molar refractivity (Wildman–Crippen MR) is 67.5 cm³/mol. The Hall–Kier alpha value is -0.870. The first-order valence-corrected chi connectivity index (χ1v) is 6.92. The van der Waals surface area contributed by atoms with Crippen molar-refractivity contribution in [2.75, 3.05) is 0 Å². The van der Waals surface area contributed by atoms with Gasteiger partial charge in [-0.1, -0.05) is 19.8 Å². The summed E-state index contributed by atoms with van der Waals surface area (Å²) in [6, 6.07) is 3.50. The molecule has 0 spiro atoms. The summed E-state index contributed by atoms with van der Waals surface area (Å²) in [5.74, 6) is -0.227. The van der Waals surface area contributed by atoms with E-state index in [-0.39, 0.29) is 0 Å². The van der Waals surface area contributed by atoms with Crippen LogP contribution >= 0.6 is 11.3 Å². The zero-order valence-corrected chi connectivity index (χ0v) is 10.8. The lowest BCUT2D eigenvalue weighted by molar-refractivity contribution is -0.0143. The fourth-order valence-electron chi connectivity index (χ4n) is 2.29. The summed E-state index contributed by atoms with van der Waals surface area (Å²) in [7, 11) is 0. The van der Waals surface area contributed by atoms with E-state index >= 15 is 0 Å². The van der Waals surface area contributed by atoms with Crippen LogP contribution in [0.15, 0.2) is 12.1 Å². The second-order valence-electron chi connectivity index (χ2n) is 4.68. The van der Waals surface area contributed by atoms with E-state index in [0.717, 1.165) is 11.3 Å². The maximum absolute atomic E-state index is 10.7. The molecule has 1 N–H and O–H groups in total. The van der Waals surface area contributed by atoms with Gasteiger partial charge in [0.05, 0.1) is 12.7 Å². The minimum Gasteiger partial charge on any atom is -0.477 e. The maximum atomic E-state index is 10.7. The van der Waals surface area contributed by atoms with Crippen molar-refractivity contribution in [2.24, 2.45) is 5.92 Å². The summed E-state index contributed by atoms with van der Waals surface area (Å²) < 4.78 is 5.89. The number of rotatable bonds is 4. The minimum absolute atomic E-state index is 0.346. The van der Waals surface area contributed by atoms with Crippen LogP contribution in [-0.4, -0.2) is 17.2 Å². The Labute approximate surface area is 105 Å². The van der Waals surface area contributed by atoms with Crippen LogP contribution in [0.25, 0.3) is 0 Å². The van der Waals surface area contributed by atoms with Gasteiger partial charge in [-0.15, -0.1) is 11.3 Å². The molecule has 0 aliphatic heterocycles. The first-order chi connectivity index (χ1) is 8.16. The average molecular weight is 254 g/mol. The van der Waals surface area contributed by atoms with Crippen molar-refractivity contribution in [3.8, 4) is 0 Å². The lowest BCUT2D eigenvalue weighted by Crippen LogP contribution is -2.25. The van der Waals surface area contributed by atoms with Crippen LogP contribution in [-0.2, 0) is 11.3 Å². The Morgan fingerprint density at radius 3 is 2.88 bits per heavy atom. The monoisotopic (exact) mass is 254 g/mol. The highest BCUT2D eigenvalue weighted by molar-refractivity contribution is 7.13. The fraction of sp³-hybridized carbons (Fsp3) is 0.615. The van der Waals surface area contributed by atoms with Gasteiger partial charge >= 0.3 is 5.97 Å². The Balaban J connectivity index is 1.86. The molecule has 1 heterocycles. The van der Waals surface area contributed by atoms with Crippen LogP contribution in [0.5, 0.6) is 0 Å². The van der Waals surface area contributed by atoms with E-state index < -0.39 is 5.97 Å². The number of carbonyl (C=O) groups is 1. The molecule has 1 aromatic rings. The first kappa shape index (κ1) is 12.6. The zero-order chi connectivity index (χ0) is 12.3. The van der Waals surface area contributed by atoms with E-state index in [2.05, 4.69) is 6.92 Å². The summed E-state index contributed by atoms with van der Waals surface area (Å²) in [4.78, 5) is 12.1. The highest BCUT2D eigenvalue weighted by Gasteiger charge is 2.22. The van der Waals surface area contributed by atoms with Crippen LogP contribution in [0.4, 0.5) is 0 Å². The van der Waals surface area contributed by atoms with E-state index in [1.165, 1.54) is 30.6 Å². The molecule has 2 rings (SSSR count). The number of hydrogen-bond acceptors (Lipinski definition) is 3. The second-order valence-corrected chi connectivity index (χ2v) is 5.85. The van der Waals surface area contributed by atoms with Crippen molar-refractivity contribution >= 4 is 17.3 Å². The van der Waals surface area contributed by atoms with E-state index in [1.807, 2.05) is 6.07 Å².